The fourth-order valence-corrected chi connectivity index (χ4v) is 1.81. The molecule has 1 rings (SSSR count). The van der Waals surface area contributed by atoms with E-state index < -0.39 is 0 Å². The molecule has 0 radical (unpaired) electrons. The summed E-state index contributed by atoms with van der Waals surface area (Å²) in [6, 6.07) is 0. The number of carbonyl (C=O) groups excluding carboxylic acids is 1. The van der Waals surface area contributed by atoms with E-state index >= 15 is 0 Å². The highest BCUT2D eigenvalue weighted by Gasteiger charge is 2.14. The van der Waals surface area contributed by atoms with Crippen LogP contribution >= 0.6 is 0 Å². The number of rotatable bonds is 7. The smallest absolute Gasteiger partial charge is 0.305 e. The quantitative estimate of drug-likeness (QED) is 0.483. The molecule has 1 heterocycles. The van der Waals surface area contributed by atoms with Crippen molar-refractivity contribution < 1.29 is 14.3 Å². The highest BCUT2D eigenvalue weighted by molar-refractivity contribution is 5.69. The number of unbranched alkanes of at least 4 members (excludes halogenated alkanes) is 1. The predicted molar refractivity (Wildman–Crippen MR) is 58.7 cm³/mol. The molecule has 0 aromatic carbocycles. The SMILES string of the molecule is CCCC(=O)OCCCCC1CCCO1. The van der Waals surface area contributed by atoms with E-state index in [1.807, 2.05) is 6.92 Å². The Morgan fingerprint density at radius 1 is 1.47 bits per heavy atom. The van der Waals surface area contributed by atoms with Crippen LogP contribution in [0.3, 0.4) is 0 Å². The second-order valence-corrected chi connectivity index (χ2v) is 4.10. The molecule has 1 unspecified atom stereocenters. The Hall–Kier alpha value is -0.570. The van der Waals surface area contributed by atoms with E-state index in [1.54, 1.807) is 0 Å². The van der Waals surface area contributed by atoms with Crippen molar-refractivity contribution in [1.82, 2.24) is 0 Å². The van der Waals surface area contributed by atoms with Crippen molar-refractivity contribution in [3.05, 3.63) is 0 Å². The average molecular weight is 214 g/mol. The van der Waals surface area contributed by atoms with Crippen molar-refractivity contribution >= 4 is 5.97 Å². The standard InChI is InChI=1S/C12H22O3/c1-2-6-12(13)15-9-4-3-7-11-8-5-10-14-11/h11H,2-10H2,1H3. The van der Waals surface area contributed by atoms with Crippen molar-refractivity contribution in [1.29, 1.82) is 0 Å². The number of esters is 1. The van der Waals surface area contributed by atoms with E-state index in [0.29, 0.717) is 19.1 Å². The first-order valence-corrected chi connectivity index (χ1v) is 6.10. The molecule has 1 fully saturated rings. The van der Waals surface area contributed by atoms with Gasteiger partial charge in [-0.3, -0.25) is 4.79 Å². The minimum absolute atomic E-state index is 0.0605. The Morgan fingerprint density at radius 3 is 3.00 bits per heavy atom. The van der Waals surface area contributed by atoms with Crippen LogP contribution in [0.1, 0.15) is 51.9 Å². The van der Waals surface area contributed by atoms with Crippen LogP contribution in [0.15, 0.2) is 0 Å². The fourth-order valence-electron chi connectivity index (χ4n) is 1.81. The molecule has 0 aliphatic carbocycles. The summed E-state index contributed by atoms with van der Waals surface area (Å²) in [5, 5.41) is 0. The van der Waals surface area contributed by atoms with E-state index in [0.717, 1.165) is 32.3 Å². The summed E-state index contributed by atoms with van der Waals surface area (Å²) in [6.45, 7) is 3.49. The first kappa shape index (κ1) is 12.5. The molecular formula is C12H22O3. The Bertz CT molecular complexity index is 174. The zero-order chi connectivity index (χ0) is 10.9. The van der Waals surface area contributed by atoms with E-state index in [1.165, 1.54) is 12.8 Å². The molecular weight excluding hydrogens is 192 g/mol. The molecule has 0 saturated carbocycles. The van der Waals surface area contributed by atoms with Gasteiger partial charge >= 0.3 is 5.97 Å². The lowest BCUT2D eigenvalue weighted by molar-refractivity contribution is -0.143. The van der Waals surface area contributed by atoms with Gasteiger partial charge in [0.05, 0.1) is 12.7 Å². The summed E-state index contributed by atoms with van der Waals surface area (Å²) in [4.78, 5) is 11.0. The van der Waals surface area contributed by atoms with Gasteiger partial charge in [-0.2, -0.15) is 0 Å². The molecule has 3 heteroatoms. The van der Waals surface area contributed by atoms with Crippen molar-refractivity contribution in [2.24, 2.45) is 0 Å². The van der Waals surface area contributed by atoms with Gasteiger partial charge in [0.25, 0.3) is 0 Å². The second kappa shape index (κ2) is 7.69. The number of hydrogen-bond donors (Lipinski definition) is 0. The third kappa shape index (κ3) is 5.78. The molecule has 0 aromatic rings. The van der Waals surface area contributed by atoms with Crippen LogP contribution in [-0.2, 0) is 14.3 Å². The third-order valence-electron chi connectivity index (χ3n) is 2.66. The molecule has 88 valence electrons. The maximum absolute atomic E-state index is 11.0. The second-order valence-electron chi connectivity index (χ2n) is 4.10. The number of ether oxygens (including phenoxy) is 2. The fraction of sp³-hybridized carbons (Fsp3) is 0.917. The summed E-state index contributed by atoms with van der Waals surface area (Å²) in [6.07, 6.45) is 7.48. The summed E-state index contributed by atoms with van der Waals surface area (Å²) in [5.41, 5.74) is 0. The topological polar surface area (TPSA) is 35.5 Å². The molecule has 1 atom stereocenters. The van der Waals surface area contributed by atoms with Crippen LogP contribution in [0.5, 0.6) is 0 Å². The summed E-state index contributed by atoms with van der Waals surface area (Å²) >= 11 is 0. The summed E-state index contributed by atoms with van der Waals surface area (Å²) in [7, 11) is 0. The first-order chi connectivity index (χ1) is 7.33. The highest BCUT2D eigenvalue weighted by atomic mass is 16.5. The van der Waals surface area contributed by atoms with Crippen LogP contribution in [0, 0.1) is 0 Å². The minimum atomic E-state index is -0.0605. The van der Waals surface area contributed by atoms with Gasteiger partial charge in [0.15, 0.2) is 0 Å². The Labute approximate surface area is 92.1 Å². The van der Waals surface area contributed by atoms with Gasteiger partial charge in [0.1, 0.15) is 0 Å². The Morgan fingerprint density at radius 2 is 2.33 bits per heavy atom. The van der Waals surface area contributed by atoms with Gasteiger partial charge in [-0.1, -0.05) is 6.92 Å². The van der Waals surface area contributed by atoms with E-state index in [9.17, 15) is 4.79 Å². The maximum atomic E-state index is 11.0. The van der Waals surface area contributed by atoms with Crippen molar-refractivity contribution in [3.63, 3.8) is 0 Å². The van der Waals surface area contributed by atoms with Crippen LogP contribution in [0.4, 0.5) is 0 Å². The summed E-state index contributed by atoms with van der Waals surface area (Å²) < 4.78 is 10.6. The number of carbonyl (C=O) groups is 1. The molecule has 1 aliphatic rings. The third-order valence-corrected chi connectivity index (χ3v) is 2.66. The Kier molecular flexibility index (Phi) is 6.41. The van der Waals surface area contributed by atoms with Crippen molar-refractivity contribution in [3.8, 4) is 0 Å². The van der Waals surface area contributed by atoms with Crippen LogP contribution < -0.4 is 0 Å². The zero-order valence-corrected chi connectivity index (χ0v) is 9.67. The molecule has 3 nitrogen and oxygen atoms in total. The van der Waals surface area contributed by atoms with Gasteiger partial charge in [-0.25, -0.2) is 0 Å². The maximum Gasteiger partial charge on any atom is 0.305 e. The van der Waals surface area contributed by atoms with Crippen molar-refractivity contribution in [2.45, 2.75) is 58.0 Å². The minimum Gasteiger partial charge on any atom is -0.466 e. The molecule has 1 saturated heterocycles. The lowest BCUT2D eigenvalue weighted by Gasteiger charge is -2.08. The molecule has 0 bridgehead atoms. The first-order valence-electron chi connectivity index (χ1n) is 6.10. The van der Waals surface area contributed by atoms with Crippen LogP contribution in [0.25, 0.3) is 0 Å². The molecule has 0 spiro atoms. The lowest BCUT2D eigenvalue weighted by Crippen LogP contribution is -2.07. The van der Waals surface area contributed by atoms with E-state index in [4.69, 9.17) is 9.47 Å². The largest absolute Gasteiger partial charge is 0.466 e. The number of hydrogen-bond acceptors (Lipinski definition) is 3. The monoisotopic (exact) mass is 214 g/mol. The Balaban J connectivity index is 1.86. The van der Waals surface area contributed by atoms with Gasteiger partial charge in [0.2, 0.25) is 0 Å². The molecule has 1 aliphatic heterocycles. The van der Waals surface area contributed by atoms with Crippen molar-refractivity contribution in [2.75, 3.05) is 13.2 Å². The van der Waals surface area contributed by atoms with Gasteiger partial charge in [-0.15, -0.1) is 0 Å². The van der Waals surface area contributed by atoms with Gasteiger partial charge in [0, 0.05) is 13.0 Å². The normalized spacial score (nSPS) is 20.5. The van der Waals surface area contributed by atoms with Gasteiger partial charge < -0.3 is 9.47 Å². The molecule has 15 heavy (non-hydrogen) atoms. The van der Waals surface area contributed by atoms with Crippen LogP contribution in [-0.4, -0.2) is 25.3 Å². The van der Waals surface area contributed by atoms with Gasteiger partial charge in [-0.05, 0) is 38.5 Å². The lowest BCUT2D eigenvalue weighted by atomic mass is 10.1. The molecule has 0 aromatic heterocycles. The van der Waals surface area contributed by atoms with E-state index in [2.05, 4.69) is 0 Å². The predicted octanol–water partition coefficient (Wildman–Crippen LogP) is 2.68. The van der Waals surface area contributed by atoms with E-state index in [-0.39, 0.29) is 5.97 Å². The zero-order valence-electron chi connectivity index (χ0n) is 9.67. The molecule has 0 N–H and O–H groups in total. The average Bonchev–Trinajstić information content (AvgIpc) is 2.70. The molecule has 0 amide bonds. The summed E-state index contributed by atoms with van der Waals surface area (Å²) in [5.74, 6) is -0.0605. The highest BCUT2D eigenvalue weighted by Crippen LogP contribution is 2.17. The van der Waals surface area contributed by atoms with Crippen LogP contribution in [0.2, 0.25) is 0 Å².